The van der Waals surface area contributed by atoms with Crippen LogP contribution in [0.25, 0.3) is 0 Å². The van der Waals surface area contributed by atoms with Crippen LogP contribution in [0.15, 0.2) is 47.5 Å². The zero-order valence-electron chi connectivity index (χ0n) is 13.8. The number of rotatable bonds is 7. The van der Waals surface area contributed by atoms with Gasteiger partial charge in [0, 0.05) is 12.7 Å². The summed E-state index contributed by atoms with van der Waals surface area (Å²) in [4.78, 5) is 6.25. The van der Waals surface area contributed by atoms with Gasteiger partial charge in [0.25, 0.3) is 0 Å². The van der Waals surface area contributed by atoms with E-state index >= 15 is 0 Å². The van der Waals surface area contributed by atoms with Crippen molar-refractivity contribution in [1.29, 1.82) is 0 Å². The molecule has 2 N–H and O–H groups in total. The first-order chi connectivity index (χ1) is 11.3. The smallest absolute Gasteiger partial charge is 0.241 e. The molecule has 2 rings (SSSR count). The van der Waals surface area contributed by atoms with Crippen LogP contribution >= 0.6 is 0 Å². The fourth-order valence-corrected chi connectivity index (χ4v) is 2.92. The molecule has 6 nitrogen and oxygen atoms in total. The number of hydrogen-bond acceptors (Lipinski definition) is 5. The van der Waals surface area contributed by atoms with Crippen LogP contribution in [-0.4, -0.2) is 46.0 Å². The fourth-order valence-electron chi connectivity index (χ4n) is 2.25. The van der Waals surface area contributed by atoms with Gasteiger partial charge in [0.15, 0.2) is 0 Å². The Balaban J connectivity index is 2.08. The third-order valence-corrected chi connectivity index (χ3v) is 5.07. The maximum absolute atomic E-state index is 13.1. The van der Waals surface area contributed by atoms with E-state index in [1.807, 2.05) is 19.0 Å². The minimum Gasteiger partial charge on any atom is -0.368 e. The first-order valence-corrected chi connectivity index (χ1v) is 8.87. The Bertz CT molecular complexity index is 762. The Hall–Kier alpha value is -2.03. The molecule has 1 aromatic heterocycles. The van der Waals surface area contributed by atoms with Gasteiger partial charge >= 0.3 is 0 Å². The quantitative estimate of drug-likeness (QED) is 0.795. The Morgan fingerprint density at radius 2 is 1.83 bits per heavy atom. The maximum atomic E-state index is 13.1. The van der Waals surface area contributed by atoms with Crippen LogP contribution in [0.2, 0.25) is 0 Å². The minimum atomic E-state index is -3.49. The predicted octanol–water partition coefficient (Wildman–Crippen LogP) is 1.84. The molecule has 0 aliphatic carbocycles. The van der Waals surface area contributed by atoms with Gasteiger partial charge in [-0.3, -0.25) is 0 Å². The second kappa shape index (κ2) is 7.69. The minimum absolute atomic E-state index is 0.0214. The van der Waals surface area contributed by atoms with Gasteiger partial charge < -0.3 is 10.2 Å². The van der Waals surface area contributed by atoms with Crippen molar-refractivity contribution < 1.29 is 12.8 Å². The number of hydrogen-bond donors (Lipinski definition) is 2. The van der Waals surface area contributed by atoms with E-state index in [0.29, 0.717) is 12.4 Å². The zero-order chi connectivity index (χ0) is 17.7. The fraction of sp³-hybridized carbons (Fsp3) is 0.312. The maximum Gasteiger partial charge on any atom is 0.241 e. The molecule has 1 heterocycles. The Morgan fingerprint density at radius 1 is 1.17 bits per heavy atom. The second-order valence-electron chi connectivity index (χ2n) is 5.50. The summed E-state index contributed by atoms with van der Waals surface area (Å²) in [6.07, 6.45) is 1.30. The van der Waals surface area contributed by atoms with Gasteiger partial charge in [0.1, 0.15) is 16.5 Å². The summed E-state index contributed by atoms with van der Waals surface area (Å²) >= 11 is 0. The Kier molecular flexibility index (Phi) is 5.87. The van der Waals surface area contributed by atoms with E-state index in [1.54, 1.807) is 18.2 Å². The van der Waals surface area contributed by atoms with Crippen molar-refractivity contribution in [2.24, 2.45) is 0 Å². The van der Waals surface area contributed by atoms with Crippen molar-refractivity contribution in [2.75, 3.05) is 33.0 Å². The third-order valence-electron chi connectivity index (χ3n) is 3.67. The first-order valence-electron chi connectivity index (χ1n) is 7.39. The summed E-state index contributed by atoms with van der Waals surface area (Å²) in [5, 5.41) is 3.17. The van der Waals surface area contributed by atoms with Gasteiger partial charge in [0.05, 0.1) is 6.04 Å². The molecule has 8 heteroatoms. The third kappa shape index (κ3) is 4.50. The molecule has 2 aromatic rings. The van der Waals surface area contributed by atoms with Crippen molar-refractivity contribution in [3.8, 4) is 0 Å². The van der Waals surface area contributed by atoms with Crippen LogP contribution < -0.4 is 10.0 Å². The Morgan fingerprint density at radius 3 is 2.33 bits per heavy atom. The first kappa shape index (κ1) is 18.3. The van der Waals surface area contributed by atoms with Crippen LogP contribution in [0, 0.1) is 5.82 Å². The molecule has 1 aromatic carbocycles. The average Bonchev–Trinajstić information content (AvgIpc) is 2.57. The number of aromatic nitrogens is 1. The second-order valence-corrected chi connectivity index (χ2v) is 7.39. The molecule has 0 saturated heterocycles. The topological polar surface area (TPSA) is 74.3 Å². The summed E-state index contributed by atoms with van der Waals surface area (Å²) in [6, 6.07) is 9.48. The van der Waals surface area contributed by atoms with Gasteiger partial charge in [-0.05, 0) is 51.0 Å². The molecule has 0 fully saturated rings. The molecular formula is C16H21FN4O2S. The Labute approximate surface area is 141 Å². The molecule has 1 unspecified atom stereocenters. The van der Waals surface area contributed by atoms with Crippen LogP contribution in [0.4, 0.5) is 10.2 Å². The number of pyridine rings is 1. The normalized spacial score (nSPS) is 13.0. The summed E-state index contributed by atoms with van der Waals surface area (Å²) < 4.78 is 38.7. The van der Waals surface area contributed by atoms with E-state index in [0.717, 1.165) is 5.56 Å². The monoisotopic (exact) mass is 352 g/mol. The summed E-state index contributed by atoms with van der Waals surface area (Å²) in [5.74, 6) is 0.297. The van der Waals surface area contributed by atoms with Crippen molar-refractivity contribution >= 4 is 15.8 Å². The highest BCUT2D eigenvalue weighted by molar-refractivity contribution is 7.89. The van der Waals surface area contributed by atoms with Gasteiger partial charge in [-0.1, -0.05) is 12.1 Å². The zero-order valence-corrected chi connectivity index (χ0v) is 14.6. The lowest BCUT2D eigenvalue weighted by Gasteiger charge is -2.25. The van der Waals surface area contributed by atoms with E-state index in [2.05, 4.69) is 15.0 Å². The summed E-state index contributed by atoms with van der Waals surface area (Å²) in [7, 11) is 1.73. The van der Waals surface area contributed by atoms with E-state index in [-0.39, 0.29) is 16.8 Å². The molecule has 0 spiro atoms. The molecular weight excluding hydrogens is 331 g/mol. The highest BCUT2D eigenvalue weighted by Gasteiger charge is 2.15. The SMILES string of the molecule is CNS(=O)(=O)c1ccc(NCC(c2ccc(F)cc2)N(C)C)nc1. The molecule has 0 aliphatic rings. The lowest BCUT2D eigenvalue weighted by atomic mass is 10.1. The largest absolute Gasteiger partial charge is 0.368 e. The lowest BCUT2D eigenvalue weighted by Crippen LogP contribution is -2.27. The standard InChI is InChI=1S/C16H21FN4O2S/c1-18-24(22,23)14-8-9-16(19-10-14)20-11-15(21(2)3)12-4-6-13(17)7-5-12/h4-10,15,18H,11H2,1-3H3,(H,19,20). The van der Waals surface area contributed by atoms with Crippen molar-refractivity contribution in [3.63, 3.8) is 0 Å². The number of nitrogens with zero attached hydrogens (tertiary/aromatic N) is 2. The highest BCUT2D eigenvalue weighted by Crippen LogP contribution is 2.19. The van der Waals surface area contributed by atoms with Crippen LogP contribution in [0.1, 0.15) is 11.6 Å². The van der Waals surface area contributed by atoms with Crippen LogP contribution in [-0.2, 0) is 10.0 Å². The molecule has 0 saturated carbocycles. The molecule has 0 aliphatic heterocycles. The van der Waals surface area contributed by atoms with E-state index in [1.165, 1.54) is 31.4 Å². The van der Waals surface area contributed by atoms with Crippen molar-refractivity contribution in [3.05, 3.63) is 54.0 Å². The number of anilines is 1. The van der Waals surface area contributed by atoms with E-state index in [4.69, 9.17) is 0 Å². The number of nitrogens with one attached hydrogen (secondary N) is 2. The lowest BCUT2D eigenvalue weighted by molar-refractivity contribution is 0.311. The number of likely N-dealkylation sites (N-methyl/N-ethyl adjacent to an activating group) is 1. The predicted molar refractivity (Wildman–Crippen MR) is 91.8 cm³/mol. The number of benzene rings is 1. The van der Waals surface area contributed by atoms with Gasteiger partial charge in [-0.15, -0.1) is 0 Å². The summed E-state index contributed by atoms with van der Waals surface area (Å²) in [5.41, 5.74) is 0.975. The average molecular weight is 352 g/mol. The van der Waals surface area contributed by atoms with Crippen molar-refractivity contribution in [1.82, 2.24) is 14.6 Å². The molecule has 24 heavy (non-hydrogen) atoms. The molecule has 130 valence electrons. The summed E-state index contributed by atoms with van der Waals surface area (Å²) in [6.45, 7) is 0.545. The number of halogens is 1. The number of sulfonamides is 1. The molecule has 1 atom stereocenters. The van der Waals surface area contributed by atoms with Gasteiger partial charge in [-0.2, -0.15) is 0 Å². The molecule has 0 radical (unpaired) electrons. The van der Waals surface area contributed by atoms with Gasteiger partial charge in [0.2, 0.25) is 10.0 Å². The molecule has 0 amide bonds. The van der Waals surface area contributed by atoms with Gasteiger partial charge in [-0.25, -0.2) is 22.5 Å². The molecule has 0 bridgehead atoms. The highest BCUT2D eigenvalue weighted by atomic mass is 32.2. The van der Waals surface area contributed by atoms with Crippen LogP contribution in [0.5, 0.6) is 0 Å². The van der Waals surface area contributed by atoms with E-state index in [9.17, 15) is 12.8 Å². The van der Waals surface area contributed by atoms with Crippen molar-refractivity contribution in [2.45, 2.75) is 10.9 Å². The van der Waals surface area contributed by atoms with E-state index < -0.39 is 10.0 Å². The van der Waals surface area contributed by atoms with Crippen LogP contribution in [0.3, 0.4) is 0 Å².